The van der Waals surface area contributed by atoms with Gasteiger partial charge in [0.05, 0.1) is 5.75 Å². The van der Waals surface area contributed by atoms with Crippen LogP contribution < -0.4 is 0 Å². The molecule has 0 aliphatic rings. The molecule has 3 aromatic carbocycles. The van der Waals surface area contributed by atoms with E-state index in [1.807, 2.05) is 6.07 Å². The van der Waals surface area contributed by atoms with Gasteiger partial charge in [0.25, 0.3) is 0 Å². The molecule has 0 aliphatic heterocycles. The van der Waals surface area contributed by atoms with E-state index in [2.05, 4.69) is 101 Å². The van der Waals surface area contributed by atoms with E-state index in [0.29, 0.717) is 0 Å². The molecule has 5 heteroatoms. The summed E-state index contributed by atoms with van der Waals surface area (Å²) in [5.41, 5.74) is 4.95. The molecule has 0 unspecified atom stereocenters. The van der Waals surface area contributed by atoms with Crippen molar-refractivity contribution < 1.29 is 0 Å². The Hall–Kier alpha value is -2.50. The van der Waals surface area contributed by atoms with Crippen LogP contribution in [-0.2, 0) is 11.5 Å². The van der Waals surface area contributed by atoms with Crippen LogP contribution in [0.4, 0.5) is 0 Å². The fourth-order valence-electron chi connectivity index (χ4n) is 3.06. The van der Waals surface area contributed by atoms with Gasteiger partial charge in [0.1, 0.15) is 5.82 Å². The van der Waals surface area contributed by atoms with Crippen LogP contribution in [0.5, 0.6) is 0 Å². The highest BCUT2D eigenvalue weighted by molar-refractivity contribution is 7.98. The van der Waals surface area contributed by atoms with Gasteiger partial charge in [-0.05, 0) is 43.7 Å². The summed E-state index contributed by atoms with van der Waals surface area (Å²) >= 11 is 3.52. The molecule has 3 nitrogen and oxygen atoms in total. The zero-order valence-electron chi connectivity index (χ0n) is 16.6. The van der Waals surface area contributed by atoms with Crippen LogP contribution >= 0.6 is 23.5 Å². The second-order valence-electron chi connectivity index (χ2n) is 6.95. The Balaban J connectivity index is 1.57. The number of hydrogen-bond acceptors (Lipinski definition) is 4. The molecule has 0 fully saturated rings. The second-order valence-corrected chi connectivity index (χ2v) is 8.94. The van der Waals surface area contributed by atoms with Gasteiger partial charge in [-0.25, -0.2) is 0 Å². The molecule has 29 heavy (non-hydrogen) atoms. The lowest BCUT2D eigenvalue weighted by atomic mass is 10.2. The summed E-state index contributed by atoms with van der Waals surface area (Å²) in [4.78, 5) is 1.24. The normalized spacial score (nSPS) is 11.0. The average Bonchev–Trinajstić information content (AvgIpc) is 3.15. The maximum absolute atomic E-state index is 4.53. The van der Waals surface area contributed by atoms with Crippen molar-refractivity contribution in [2.24, 2.45) is 0 Å². The van der Waals surface area contributed by atoms with E-state index in [1.54, 1.807) is 23.5 Å². The molecule has 1 aromatic heterocycles. The molecule has 0 N–H and O–H groups in total. The third-order valence-corrected chi connectivity index (χ3v) is 6.56. The third kappa shape index (κ3) is 5.11. The highest BCUT2D eigenvalue weighted by Crippen LogP contribution is 2.29. The first-order chi connectivity index (χ1) is 14.2. The maximum Gasteiger partial charge on any atom is 0.196 e. The Bertz CT molecular complexity index is 1070. The first kappa shape index (κ1) is 19.8. The number of benzene rings is 3. The van der Waals surface area contributed by atoms with E-state index in [-0.39, 0.29) is 0 Å². The Kier molecular flexibility index (Phi) is 6.37. The van der Waals surface area contributed by atoms with Crippen molar-refractivity contribution in [3.63, 3.8) is 0 Å². The molecule has 0 saturated heterocycles. The molecule has 0 radical (unpaired) electrons. The van der Waals surface area contributed by atoms with Gasteiger partial charge in [-0.15, -0.1) is 22.0 Å². The monoisotopic (exact) mass is 417 g/mol. The largest absolute Gasteiger partial charge is 0.273 e. The lowest BCUT2D eigenvalue weighted by Gasteiger charge is -2.10. The lowest BCUT2D eigenvalue weighted by Crippen LogP contribution is -2.02. The molecule has 0 amide bonds. The van der Waals surface area contributed by atoms with Crippen molar-refractivity contribution in [1.29, 1.82) is 0 Å². The topological polar surface area (TPSA) is 30.7 Å². The molecule has 4 aromatic rings. The van der Waals surface area contributed by atoms with Gasteiger partial charge in [0, 0.05) is 16.3 Å². The highest BCUT2D eigenvalue weighted by atomic mass is 32.2. The summed E-state index contributed by atoms with van der Waals surface area (Å²) in [6, 6.07) is 27.6. The quantitative estimate of drug-likeness (QED) is 0.323. The zero-order chi connectivity index (χ0) is 20.1. The number of aryl methyl sites for hydroxylation is 2. The van der Waals surface area contributed by atoms with Crippen LogP contribution in [0.3, 0.4) is 0 Å². The van der Waals surface area contributed by atoms with Crippen molar-refractivity contribution in [1.82, 2.24) is 14.8 Å². The number of aromatic nitrogens is 3. The summed E-state index contributed by atoms with van der Waals surface area (Å²) in [7, 11) is 0. The van der Waals surface area contributed by atoms with E-state index in [4.69, 9.17) is 0 Å². The minimum atomic E-state index is 0.774. The van der Waals surface area contributed by atoms with Crippen LogP contribution in [0.25, 0.3) is 5.69 Å². The van der Waals surface area contributed by atoms with Crippen molar-refractivity contribution in [2.75, 3.05) is 0 Å². The lowest BCUT2D eigenvalue weighted by molar-refractivity contribution is 0.864. The van der Waals surface area contributed by atoms with Crippen molar-refractivity contribution in [2.45, 2.75) is 35.4 Å². The van der Waals surface area contributed by atoms with Gasteiger partial charge in [-0.2, -0.15) is 0 Å². The van der Waals surface area contributed by atoms with Crippen LogP contribution in [0.1, 0.15) is 22.5 Å². The molecule has 0 aliphatic carbocycles. The minimum Gasteiger partial charge on any atom is -0.273 e. The molecule has 0 saturated carbocycles. The molecule has 4 rings (SSSR count). The number of para-hydroxylation sites is 1. The summed E-state index contributed by atoms with van der Waals surface area (Å²) in [5, 5.41) is 9.97. The Morgan fingerprint density at radius 2 is 1.52 bits per heavy atom. The van der Waals surface area contributed by atoms with Gasteiger partial charge in [0.2, 0.25) is 0 Å². The second kappa shape index (κ2) is 9.33. The number of hydrogen-bond donors (Lipinski definition) is 0. The molecular formula is C24H23N3S2. The molecule has 0 atom stereocenters. The molecule has 146 valence electrons. The van der Waals surface area contributed by atoms with E-state index < -0.39 is 0 Å². The van der Waals surface area contributed by atoms with Crippen molar-refractivity contribution in [3.8, 4) is 5.69 Å². The Morgan fingerprint density at radius 1 is 0.724 bits per heavy atom. The van der Waals surface area contributed by atoms with Gasteiger partial charge in [-0.1, -0.05) is 77.5 Å². The highest BCUT2D eigenvalue weighted by Gasteiger charge is 2.15. The maximum atomic E-state index is 4.53. The van der Waals surface area contributed by atoms with Gasteiger partial charge >= 0.3 is 0 Å². The van der Waals surface area contributed by atoms with Gasteiger partial charge in [-0.3, -0.25) is 4.57 Å². The van der Waals surface area contributed by atoms with E-state index in [9.17, 15) is 0 Å². The van der Waals surface area contributed by atoms with Crippen molar-refractivity contribution in [3.05, 3.63) is 101 Å². The summed E-state index contributed by atoms with van der Waals surface area (Å²) in [6.45, 7) is 4.24. The fraction of sp³-hybridized carbons (Fsp3) is 0.167. The van der Waals surface area contributed by atoms with Crippen molar-refractivity contribution >= 4 is 23.5 Å². The summed E-state index contributed by atoms with van der Waals surface area (Å²) in [6.07, 6.45) is 0. The summed E-state index contributed by atoms with van der Waals surface area (Å²) < 4.78 is 2.18. The summed E-state index contributed by atoms with van der Waals surface area (Å²) in [5.74, 6) is 2.61. The average molecular weight is 418 g/mol. The minimum absolute atomic E-state index is 0.774. The van der Waals surface area contributed by atoms with Crippen LogP contribution in [0, 0.1) is 13.8 Å². The SMILES string of the molecule is Cc1ccc(SCc2nnc(SCc3cccc(C)c3)n2-c2ccccc2)cc1. The predicted molar refractivity (Wildman–Crippen MR) is 123 cm³/mol. The van der Waals surface area contributed by atoms with Crippen LogP contribution in [-0.4, -0.2) is 14.8 Å². The third-order valence-electron chi connectivity index (χ3n) is 4.55. The Morgan fingerprint density at radius 3 is 2.28 bits per heavy atom. The Labute approximate surface area is 180 Å². The molecule has 0 bridgehead atoms. The molecule has 1 heterocycles. The first-order valence-corrected chi connectivity index (χ1v) is 11.5. The predicted octanol–water partition coefficient (Wildman–Crippen LogP) is 6.47. The zero-order valence-corrected chi connectivity index (χ0v) is 18.2. The van der Waals surface area contributed by atoms with Gasteiger partial charge < -0.3 is 0 Å². The number of nitrogens with zero attached hydrogens (tertiary/aromatic N) is 3. The first-order valence-electron chi connectivity index (χ1n) is 9.56. The smallest absolute Gasteiger partial charge is 0.196 e. The standard InChI is InChI=1S/C24H23N3S2/c1-18-11-13-22(14-12-18)28-17-23-25-26-24(27(23)21-9-4-3-5-10-21)29-16-20-8-6-7-19(2)15-20/h3-15H,16-17H2,1-2H3. The fourth-order valence-corrected chi connectivity index (χ4v) is 4.78. The van der Waals surface area contributed by atoms with E-state index >= 15 is 0 Å². The van der Waals surface area contributed by atoms with E-state index in [1.165, 1.54) is 21.6 Å². The van der Waals surface area contributed by atoms with E-state index in [0.717, 1.165) is 28.2 Å². The molecular weight excluding hydrogens is 394 g/mol. The number of rotatable bonds is 7. The van der Waals surface area contributed by atoms with Crippen LogP contribution in [0.2, 0.25) is 0 Å². The van der Waals surface area contributed by atoms with Crippen LogP contribution in [0.15, 0.2) is 88.9 Å². The van der Waals surface area contributed by atoms with Gasteiger partial charge in [0.15, 0.2) is 5.16 Å². The molecule has 0 spiro atoms. The number of thioether (sulfide) groups is 2.